The number of aryl methyl sites for hydroxylation is 1. The molecular formula is C26H37F2N5O4S. The first-order valence-electron chi connectivity index (χ1n) is 13.2. The summed E-state index contributed by atoms with van der Waals surface area (Å²) in [7, 11) is 3.06. The number of methoxy groups -OCH3 is 2. The molecule has 1 amide bonds. The number of hydrogen-bond donors (Lipinski definition) is 1. The van der Waals surface area contributed by atoms with Gasteiger partial charge in [0.1, 0.15) is 5.82 Å². The topological polar surface area (TPSA) is 98.7 Å². The first-order valence-corrected chi connectivity index (χ1v) is 14.0. The average molecular weight is 554 g/mol. The van der Waals surface area contributed by atoms with Crippen LogP contribution in [0.2, 0.25) is 0 Å². The van der Waals surface area contributed by atoms with E-state index in [0.717, 1.165) is 75.7 Å². The third kappa shape index (κ3) is 8.45. The molecule has 1 saturated carbocycles. The number of carbonyl (C=O) groups is 1. The number of hydrogen-bond acceptors (Lipinski definition) is 9. The molecule has 1 N–H and O–H groups in total. The van der Waals surface area contributed by atoms with Crippen LogP contribution in [-0.2, 0) is 24.2 Å². The minimum atomic E-state index is -2.86. The summed E-state index contributed by atoms with van der Waals surface area (Å²) < 4.78 is 41.7. The molecule has 4 rings (SSSR count). The first-order chi connectivity index (χ1) is 18.2. The lowest BCUT2D eigenvalue weighted by atomic mass is 9.84. The van der Waals surface area contributed by atoms with Crippen LogP contribution in [-0.4, -0.2) is 71.6 Å². The van der Waals surface area contributed by atoms with Gasteiger partial charge in [0, 0.05) is 43.8 Å². The third-order valence-corrected chi connectivity index (χ3v) is 8.09. The van der Waals surface area contributed by atoms with Crippen molar-refractivity contribution in [1.29, 1.82) is 0 Å². The van der Waals surface area contributed by atoms with Gasteiger partial charge in [0.15, 0.2) is 6.61 Å². The van der Waals surface area contributed by atoms with Crippen molar-refractivity contribution in [2.24, 2.45) is 5.92 Å². The van der Waals surface area contributed by atoms with E-state index in [4.69, 9.17) is 14.2 Å². The number of ether oxygens (including phenoxy) is 3. The Morgan fingerprint density at radius 1 is 1.16 bits per heavy atom. The number of amides is 1. The van der Waals surface area contributed by atoms with Crippen molar-refractivity contribution >= 4 is 17.2 Å². The number of aromatic nitrogens is 3. The molecule has 0 unspecified atom stereocenters. The van der Waals surface area contributed by atoms with Crippen molar-refractivity contribution in [2.75, 3.05) is 33.9 Å². The molecule has 0 radical (unpaired) electrons. The number of alkyl halides is 2. The fraction of sp³-hybridized carbons (Fsp3) is 0.692. The molecule has 2 aliphatic rings. The molecule has 0 bridgehead atoms. The summed E-state index contributed by atoms with van der Waals surface area (Å²) in [5.74, 6) is -0.852. The van der Waals surface area contributed by atoms with E-state index in [1.54, 1.807) is 6.07 Å². The number of halogens is 2. The van der Waals surface area contributed by atoms with Gasteiger partial charge in [-0.05, 0) is 51.0 Å². The average Bonchev–Trinajstić information content (AvgIpc) is 3.32. The number of thiazole rings is 1. The number of nitrogens with zero attached hydrogens (tertiary/aromatic N) is 4. The lowest BCUT2D eigenvalue weighted by Gasteiger charge is -2.32. The zero-order valence-electron chi connectivity index (χ0n) is 22.3. The summed E-state index contributed by atoms with van der Waals surface area (Å²) in [6, 6.07) is 1.81. The van der Waals surface area contributed by atoms with Crippen LogP contribution in [0.1, 0.15) is 61.8 Å². The van der Waals surface area contributed by atoms with E-state index in [1.165, 1.54) is 25.6 Å². The van der Waals surface area contributed by atoms with Gasteiger partial charge in [0.2, 0.25) is 17.7 Å². The highest BCUT2D eigenvalue weighted by atomic mass is 32.1. The van der Waals surface area contributed by atoms with Crippen LogP contribution in [0.25, 0.3) is 0 Å². The van der Waals surface area contributed by atoms with Gasteiger partial charge in [-0.15, -0.1) is 0 Å². The van der Waals surface area contributed by atoms with E-state index in [9.17, 15) is 13.6 Å². The summed E-state index contributed by atoms with van der Waals surface area (Å²) in [6.07, 6.45) is 6.89. The molecule has 0 aromatic carbocycles. The monoisotopic (exact) mass is 553 g/mol. The van der Waals surface area contributed by atoms with Crippen molar-refractivity contribution in [3.63, 3.8) is 0 Å². The molecule has 12 heteroatoms. The fourth-order valence-corrected chi connectivity index (χ4v) is 5.83. The van der Waals surface area contributed by atoms with Crippen molar-refractivity contribution < 1.29 is 27.8 Å². The Morgan fingerprint density at radius 3 is 2.53 bits per heavy atom. The maximum absolute atomic E-state index is 13.1. The molecular weight excluding hydrogens is 516 g/mol. The van der Waals surface area contributed by atoms with Gasteiger partial charge in [0.25, 0.3) is 11.1 Å². The molecule has 38 heavy (non-hydrogen) atoms. The van der Waals surface area contributed by atoms with E-state index in [2.05, 4.69) is 25.2 Å². The predicted octanol–water partition coefficient (Wildman–Crippen LogP) is 4.04. The second-order valence-electron chi connectivity index (χ2n) is 10.2. The number of carbonyl (C=O) groups excluding carboxylic acids is 1. The molecule has 210 valence electrons. The van der Waals surface area contributed by atoms with Gasteiger partial charge < -0.3 is 19.5 Å². The fourth-order valence-electron chi connectivity index (χ4n) is 4.93. The highest BCUT2D eigenvalue weighted by Crippen LogP contribution is 2.32. The Balaban J connectivity index is 1.14. The number of fused-ring (bicyclic) bond motifs is 1. The summed E-state index contributed by atoms with van der Waals surface area (Å²) >= 11 is 1.39. The Labute approximate surface area is 226 Å². The smallest absolute Gasteiger partial charge is 0.278 e. The summed E-state index contributed by atoms with van der Waals surface area (Å²) in [5.41, 5.74) is 0.958. The van der Waals surface area contributed by atoms with Crippen molar-refractivity contribution in [3.8, 4) is 17.0 Å². The molecule has 1 aliphatic carbocycles. The van der Waals surface area contributed by atoms with Crippen molar-refractivity contribution in [1.82, 2.24) is 25.2 Å². The molecule has 0 atom stereocenters. The maximum atomic E-state index is 13.1. The van der Waals surface area contributed by atoms with Gasteiger partial charge in [-0.2, -0.15) is 9.97 Å². The Kier molecular flexibility index (Phi) is 9.69. The largest absolute Gasteiger partial charge is 0.481 e. The molecule has 3 heterocycles. The molecule has 1 aliphatic heterocycles. The molecule has 9 nitrogen and oxygen atoms in total. The number of rotatable bonds is 12. The normalized spacial score (nSPS) is 20.0. The second-order valence-corrected chi connectivity index (χ2v) is 11.2. The Hall–Kier alpha value is -2.60. The van der Waals surface area contributed by atoms with Crippen LogP contribution in [0.3, 0.4) is 0 Å². The third-order valence-electron chi connectivity index (χ3n) is 7.02. The molecule has 2 aromatic heterocycles. The Bertz CT molecular complexity index is 1050. The van der Waals surface area contributed by atoms with Crippen LogP contribution < -0.4 is 19.5 Å². The van der Waals surface area contributed by atoms with Gasteiger partial charge in [-0.1, -0.05) is 11.3 Å². The Morgan fingerprint density at radius 2 is 1.87 bits per heavy atom. The minimum absolute atomic E-state index is 0.0113. The van der Waals surface area contributed by atoms with E-state index in [0.29, 0.717) is 41.5 Å². The minimum Gasteiger partial charge on any atom is -0.481 e. The van der Waals surface area contributed by atoms with Gasteiger partial charge in [0.05, 0.1) is 26.0 Å². The van der Waals surface area contributed by atoms with Gasteiger partial charge in [-0.25, -0.2) is 13.8 Å². The predicted molar refractivity (Wildman–Crippen MR) is 139 cm³/mol. The molecule has 0 spiro atoms. The van der Waals surface area contributed by atoms with Crippen LogP contribution >= 0.6 is 11.3 Å². The molecule has 1 fully saturated rings. The second kappa shape index (κ2) is 13.0. The highest BCUT2D eigenvalue weighted by molar-refractivity contribution is 7.13. The van der Waals surface area contributed by atoms with E-state index in [-0.39, 0.29) is 11.9 Å². The number of nitrogens with one attached hydrogen (secondary N) is 1. The lowest BCUT2D eigenvalue weighted by Crippen LogP contribution is -2.38. The van der Waals surface area contributed by atoms with Gasteiger partial charge >= 0.3 is 0 Å². The summed E-state index contributed by atoms with van der Waals surface area (Å²) in [5, 5.41) is 3.51. The summed E-state index contributed by atoms with van der Waals surface area (Å²) in [6.45, 7) is 2.89. The lowest BCUT2D eigenvalue weighted by molar-refractivity contribution is -0.122. The van der Waals surface area contributed by atoms with Crippen LogP contribution in [0.4, 0.5) is 8.78 Å². The van der Waals surface area contributed by atoms with Crippen LogP contribution in [0.15, 0.2) is 6.07 Å². The van der Waals surface area contributed by atoms with Gasteiger partial charge in [-0.3, -0.25) is 9.69 Å². The SMILES string of the molecule is COc1cc(OC)nc(CCC(=O)N[C@H]2CC[C@H](CCN3CCc4sc(OCC(C)(F)F)nc4C3)CC2)n1. The maximum Gasteiger partial charge on any atom is 0.278 e. The van der Waals surface area contributed by atoms with Crippen molar-refractivity contribution in [2.45, 2.75) is 76.8 Å². The first kappa shape index (κ1) is 28.4. The highest BCUT2D eigenvalue weighted by Gasteiger charge is 2.27. The van der Waals surface area contributed by atoms with Crippen LogP contribution in [0.5, 0.6) is 17.0 Å². The summed E-state index contributed by atoms with van der Waals surface area (Å²) in [4.78, 5) is 29.1. The quantitative estimate of drug-likeness (QED) is 0.421. The van der Waals surface area contributed by atoms with E-state index in [1.807, 2.05) is 0 Å². The van der Waals surface area contributed by atoms with Crippen LogP contribution in [0, 0.1) is 5.92 Å². The molecule has 0 saturated heterocycles. The zero-order valence-corrected chi connectivity index (χ0v) is 23.1. The van der Waals surface area contributed by atoms with Crippen molar-refractivity contribution in [3.05, 3.63) is 22.5 Å². The van der Waals surface area contributed by atoms with E-state index >= 15 is 0 Å². The standard InChI is InChI=1S/C26H37F2N5O4S/c1-26(27,28)16-37-25-30-19-15-33(13-11-20(19)38-25)12-10-17-4-6-18(7-5-17)29-22(34)9-8-21-31-23(35-2)14-24(32-21)36-3/h14,17-18H,4-13,15-16H2,1-3H3,(H,29,34)/t17-,18-. The zero-order chi connectivity index (χ0) is 27.1. The molecule has 2 aromatic rings. The van der Waals surface area contributed by atoms with E-state index < -0.39 is 12.5 Å².